The predicted molar refractivity (Wildman–Crippen MR) is 54.8 cm³/mol. The summed E-state index contributed by atoms with van der Waals surface area (Å²) in [5, 5.41) is 2.05. The molecule has 0 unspecified atom stereocenters. The standard InChI is InChI=1S/C11H18F3NO/c1-7(2)8-3-5-9(6-4-8)15-10(16)11(12,13)14/h7-9H,3-6H2,1-2H3,(H,15,16). The predicted octanol–water partition coefficient (Wildman–Crippen LogP) is 2.88. The fourth-order valence-corrected chi connectivity index (χ4v) is 2.20. The number of hydrogen-bond donors (Lipinski definition) is 1. The van der Waals surface area contributed by atoms with Gasteiger partial charge in [0.15, 0.2) is 0 Å². The summed E-state index contributed by atoms with van der Waals surface area (Å²) in [6.07, 6.45) is -1.63. The van der Waals surface area contributed by atoms with Crippen molar-refractivity contribution in [3.05, 3.63) is 0 Å². The van der Waals surface area contributed by atoms with Gasteiger partial charge in [0.1, 0.15) is 0 Å². The Labute approximate surface area is 93.6 Å². The zero-order valence-electron chi connectivity index (χ0n) is 9.60. The van der Waals surface area contributed by atoms with Crippen molar-refractivity contribution in [2.75, 3.05) is 0 Å². The average Bonchev–Trinajstić information content (AvgIpc) is 2.17. The lowest BCUT2D eigenvalue weighted by Gasteiger charge is -2.31. The second-order valence-electron chi connectivity index (χ2n) is 4.83. The number of halogens is 3. The summed E-state index contributed by atoms with van der Waals surface area (Å²) in [7, 11) is 0. The van der Waals surface area contributed by atoms with Gasteiger partial charge >= 0.3 is 12.1 Å². The maximum absolute atomic E-state index is 12.0. The van der Waals surface area contributed by atoms with Gasteiger partial charge in [0, 0.05) is 6.04 Å². The van der Waals surface area contributed by atoms with E-state index >= 15 is 0 Å². The molecule has 1 amide bonds. The molecule has 1 fully saturated rings. The quantitative estimate of drug-likeness (QED) is 0.786. The Morgan fingerprint density at radius 1 is 1.19 bits per heavy atom. The molecule has 94 valence electrons. The molecule has 1 rings (SSSR count). The van der Waals surface area contributed by atoms with Crippen molar-refractivity contribution >= 4 is 5.91 Å². The van der Waals surface area contributed by atoms with Crippen molar-refractivity contribution in [3.63, 3.8) is 0 Å². The summed E-state index contributed by atoms with van der Waals surface area (Å²) in [6.45, 7) is 4.25. The van der Waals surface area contributed by atoms with E-state index < -0.39 is 12.1 Å². The van der Waals surface area contributed by atoms with Gasteiger partial charge in [0.05, 0.1) is 0 Å². The van der Waals surface area contributed by atoms with Crippen LogP contribution in [-0.2, 0) is 4.79 Å². The molecule has 0 atom stereocenters. The molecule has 0 aromatic rings. The molecule has 5 heteroatoms. The summed E-state index contributed by atoms with van der Waals surface area (Å²) in [5.74, 6) is -0.654. The van der Waals surface area contributed by atoms with Gasteiger partial charge in [-0.1, -0.05) is 13.8 Å². The van der Waals surface area contributed by atoms with Crippen LogP contribution in [0, 0.1) is 11.8 Å². The Balaban J connectivity index is 2.35. The lowest BCUT2D eigenvalue weighted by Crippen LogP contribution is -2.44. The first kappa shape index (κ1) is 13.3. The van der Waals surface area contributed by atoms with Gasteiger partial charge in [-0.05, 0) is 37.5 Å². The first-order valence-electron chi connectivity index (χ1n) is 5.68. The number of rotatable bonds is 2. The average molecular weight is 237 g/mol. The second-order valence-corrected chi connectivity index (χ2v) is 4.83. The van der Waals surface area contributed by atoms with Gasteiger partial charge in [-0.15, -0.1) is 0 Å². The lowest BCUT2D eigenvalue weighted by molar-refractivity contribution is -0.174. The van der Waals surface area contributed by atoms with Gasteiger partial charge in [0.2, 0.25) is 0 Å². The molecule has 0 bridgehead atoms. The van der Waals surface area contributed by atoms with Gasteiger partial charge in [-0.3, -0.25) is 4.79 Å². The highest BCUT2D eigenvalue weighted by molar-refractivity contribution is 5.81. The summed E-state index contributed by atoms with van der Waals surface area (Å²) in [5.41, 5.74) is 0. The van der Waals surface area contributed by atoms with Crippen LogP contribution >= 0.6 is 0 Å². The van der Waals surface area contributed by atoms with Crippen molar-refractivity contribution in [1.82, 2.24) is 5.32 Å². The van der Waals surface area contributed by atoms with Gasteiger partial charge < -0.3 is 5.32 Å². The molecule has 0 aromatic heterocycles. The zero-order chi connectivity index (χ0) is 12.3. The van der Waals surface area contributed by atoms with Crippen molar-refractivity contribution in [3.8, 4) is 0 Å². The summed E-state index contributed by atoms with van der Waals surface area (Å²) in [6, 6.07) is -0.302. The largest absolute Gasteiger partial charge is 0.471 e. The maximum Gasteiger partial charge on any atom is 0.471 e. The molecule has 1 aliphatic carbocycles. The van der Waals surface area contributed by atoms with Crippen LogP contribution in [0.1, 0.15) is 39.5 Å². The van der Waals surface area contributed by atoms with E-state index in [0.717, 1.165) is 12.8 Å². The molecule has 1 saturated carbocycles. The number of carbonyl (C=O) groups excluding carboxylic acids is 1. The van der Waals surface area contributed by atoms with E-state index in [1.807, 2.05) is 0 Å². The maximum atomic E-state index is 12.0. The van der Waals surface area contributed by atoms with Crippen LogP contribution in [0.15, 0.2) is 0 Å². The number of nitrogens with one attached hydrogen (secondary N) is 1. The third-order valence-electron chi connectivity index (χ3n) is 3.31. The molecule has 0 heterocycles. The van der Waals surface area contributed by atoms with Gasteiger partial charge in [0.25, 0.3) is 0 Å². The molecular formula is C11H18F3NO. The first-order valence-corrected chi connectivity index (χ1v) is 5.68. The van der Waals surface area contributed by atoms with Crippen LogP contribution in [0.4, 0.5) is 13.2 Å². The van der Waals surface area contributed by atoms with E-state index in [2.05, 4.69) is 19.2 Å². The Morgan fingerprint density at radius 2 is 1.69 bits per heavy atom. The second kappa shape index (κ2) is 5.06. The van der Waals surface area contributed by atoms with E-state index in [9.17, 15) is 18.0 Å². The number of amides is 1. The Morgan fingerprint density at radius 3 is 2.06 bits per heavy atom. The molecule has 0 aliphatic heterocycles. The van der Waals surface area contributed by atoms with Crippen molar-refractivity contribution in [2.45, 2.75) is 51.7 Å². The van der Waals surface area contributed by atoms with Crippen molar-refractivity contribution in [2.24, 2.45) is 11.8 Å². The molecule has 16 heavy (non-hydrogen) atoms. The highest BCUT2D eigenvalue weighted by Crippen LogP contribution is 2.30. The molecule has 0 spiro atoms. The summed E-state index contributed by atoms with van der Waals surface area (Å²) >= 11 is 0. The van der Waals surface area contributed by atoms with Crippen molar-refractivity contribution in [1.29, 1.82) is 0 Å². The SMILES string of the molecule is CC(C)C1CCC(NC(=O)C(F)(F)F)CC1. The third-order valence-corrected chi connectivity index (χ3v) is 3.31. The van der Waals surface area contributed by atoms with E-state index in [1.54, 1.807) is 0 Å². The zero-order valence-corrected chi connectivity index (χ0v) is 9.60. The minimum Gasteiger partial charge on any atom is -0.346 e. The normalized spacial score (nSPS) is 26.9. The molecule has 1 N–H and O–H groups in total. The third kappa shape index (κ3) is 3.68. The highest BCUT2D eigenvalue weighted by Gasteiger charge is 2.40. The van der Waals surface area contributed by atoms with Crippen LogP contribution in [0.3, 0.4) is 0 Å². The van der Waals surface area contributed by atoms with Crippen LogP contribution in [0.25, 0.3) is 0 Å². The number of carbonyl (C=O) groups is 1. The van der Waals surface area contributed by atoms with Gasteiger partial charge in [-0.2, -0.15) is 13.2 Å². The number of alkyl halides is 3. The number of hydrogen-bond acceptors (Lipinski definition) is 1. The lowest BCUT2D eigenvalue weighted by atomic mass is 9.80. The van der Waals surface area contributed by atoms with Crippen LogP contribution < -0.4 is 5.32 Å². The Hall–Kier alpha value is -0.740. The molecule has 2 nitrogen and oxygen atoms in total. The minimum absolute atomic E-state index is 0.302. The van der Waals surface area contributed by atoms with Crippen LogP contribution in [0.5, 0.6) is 0 Å². The topological polar surface area (TPSA) is 29.1 Å². The fourth-order valence-electron chi connectivity index (χ4n) is 2.20. The van der Waals surface area contributed by atoms with Gasteiger partial charge in [-0.25, -0.2) is 0 Å². The minimum atomic E-state index is -4.76. The fraction of sp³-hybridized carbons (Fsp3) is 0.909. The molecule has 1 aliphatic rings. The Bertz CT molecular complexity index is 242. The van der Waals surface area contributed by atoms with Crippen molar-refractivity contribution < 1.29 is 18.0 Å². The summed E-state index contributed by atoms with van der Waals surface area (Å²) in [4.78, 5) is 10.7. The molecule has 0 saturated heterocycles. The smallest absolute Gasteiger partial charge is 0.346 e. The van der Waals surface area contributed by atoms with E-state index in [0.29, 0.717) is 24.7 Å². The van der Waals surface area contributed by atoms with Crippen LogP contribution in [-0.4, -0.2) is 18.1 Å². The molecule has 0 aromatic carbocycles. The molecular weight excluding hydrogens is 219 g/mol. The molecule has 0 radical (unpaired) electrons. The first-order chi connectivity index (χ1) is 7.30. The summed E-state index contributed by atoms with van der Waals surface area (Å²) < 4.78 is 36.0. The monoisotopic (exact) mass is 237 g/mol. The van der Waals surface area contributed by atoms with E-state index in [4.69, 9.17) is 0 Å². The van der Waals surface area contributed by atoms with E-state index in [-0.39, 0.29) is 6.04 Å². The highest BCUT2D eigenvalue weighted by atomic mass is 19.4. The Kier molecular flexibility index (Phi) is 4.21. The van der Waals surface area contributed by atoms with E-state index in [1.165, 1.54) is 0 Å². The van der Waals surface area contributed by atoms with Crippen LogP contribution in [0.2, 0.25) is 0 Å².